The second kappa shape index (κ2) is 6.14. The fourth-order valence-electron chi connectivity index (χ4n) is 2.55. The number of aromatic nitrogens is 1. The second-order valence-corrected chi connectivity index (χ2v) is 5.59. The Kier molecular flexibility index (Phi) is 4.04. The van der Waals surface area contributed by atoms with E-state index in [2.05, 4.69) is 15.5 Å². The summed E-state index contributed by atoms with van der Waals surface area (Å²) in [5, 5.41) is 13.2. The maximum Gasteiger partial charge on any atom is 0.206 e. The number of halogens is 1. The van der Waals surface area contributed by atoms with Gasteiger partial charge in [0.15, 0.2) is 0 Å². The molecule has 3 rings (SSSR count). The number of rotatable bonds is 3. The summed E-state index contributed by atoms with van der Waals surface area (Å²) in [5.41, 5.74) is 12.5. The third-order valence-electron chi connectivity index (χ3n) is 3.54. The molecule has 0 saturated heterocycles. The van der Waals surface area contributed by atoms with E-state index < -0.39 is 0 Å². The molecule has 0 saturated carbocycles. The summed E-state index contributed by atoms with van der Waals surface area (Å²) < 4.78 is 0. The zero-order valence-corrected chi connectivity index (χ0v) is 13.3. The van der Waals surface area contributed by atoms with Crippen LogP contribution in [-0.4, -0.2) is 16.7 Å². The van der Waals surface area contributed by atoms with E-state index in [0.29, 0.717) is 5.02 Å². The molecule has 0 amide bonds. The van der Waals surface area contributed by atoms with Crippen LogP contribution in [0.25, 0.3) is 22.2 Å². The van der Waals surface area contributed by atoms with Crippen molar-refractivity contribution in [1.82, 2.24) is 10.4 Å². The molecule has 0 bridgehead atoms. The Bertz CT molecular complexity index is 893. The van der Waals surface area contributed by atoms with Gasteiger partial charge in [-0.05, 0) is 30.7 Å². The number of fused-ring (bicyclic) bond motifs is 1. The Morgan fingerprint density at radius 3 is 2.57 bits per heavy atom. The molecule has 2 aromatic carbocycles. The lowest BCUT2D eigenvalue weighted by Gasteiger charge is -2.06. The number of para-hydroxylation sites is 1. The SMILES string of the molecule is CC(=NNC(=N)N)c1c(-c2ccc(Cl)cc2)[nH]c2ccccc12. The number of guanidine groups is 1. The van der Waals surface area contributed by atoms with Crippen molar-refractivity contribution < 1.29 is 0 Å². The summed E-state index contributed by atoms with van der Waals surface area (Å²) in [5.74, 6) is -0.197. The highest BCUT2D eigenvalue weighted by atomic mass is 35.5. The van der Waals surface area contributed by atoms with E-state index in [-0.39, 0.29) is 5.96 Å². The molecular formula is C17H16ClN5. The molecule has 23 heavy (non-hydrogen) atoms. The Balaban J connectivity index is 2.21. The van der Waals surface area contributed by atoms with E-state index in [1.807, 2.05) is 55.5 Å². The van der Waals surface area contributed by atoms with Crippen molar-refractivity contribution in [3.05, 3.63) is 59.1 Å². The molecule has 0 atom stereocenters. The summed E-state index contributed by atoms with van der Waals surface area (Å²) in [6, 6.07) is 15.6. The van der Waals surface area contributed by atoms with Crippen molar-refractivity contribution in [3.63, 3.8) is 0 Å². The van der Waals surface area contributed by atoms with Gasteiger partial charge in [-0.1, -0.05) is 41.9 Å². The van der Waals surface area contributed by atoms with Gasteiger partial charge in [-0.3, -0.25) is 5.41 Å². The van der Waals surface area contributed by atoms with E-state index in [1.54, 1.807) is 0 Å². The van der Waals surface area contributed by atoms with Gasteiger partial charge in [-0.2, -0.15) is 5.10 Å². The van der Waals surface area contributed by atoms with Crippen molar-refractivity contribution in [2.75, 3.05) is 0 Å². The first-order valence-electron chi connectivity index (χ1n) is 7.07. The number of benzene rings is 2. The summed E-state index contributed by atoms with van der Waals surface area (Å²) >= 11 is 5.98. The van der Waals surface area contributed by atoms with Gasteiger partial charge in [0, 0.05) is 21.5 Å². The number of hydrogen-bond acceptors (Lipinski definition) is 2. The molecule has 5 nitrogen and oxygen atoms in total. The van der Waals surface area contributed by atoms with Gasteiger partial charge in [-0.15, -0.1) is 0 Å². The van der Waals surface area contributed by atoms with Crippen LogP contribution in [-0.2, 0) is 0 Å². The van der Waals surface area contributed by atoms with Crippen LogP contribution < -0.4 is 11.2 Å². The molecule has 0 unspecified atom stereocenters. The zero-order chi connectivity index (χ0) is 16.4. The Labute approximate surface area is 138 Å². The Hall–Kier alpha value is -2.79. The van der Waals surface area contributed by atoms with E-state index in [9.17, 15) is 0 Å². The minimum absolute atomic E-state index is 0.197. The smallest absolute Gasteiger partial charge is 0.206 e. The molecule has 0 fully saturated rings. The molecule has 6 heteroatoms. The van der Waals surface area contributed by atoms with Crippen molar-refractivity contribution >= 4 is 34.2 Å². The first kappa shape index (κ1) is 15.1. The average molecular weight is 326 g/mol. The van der Waals surface area contributed by atoms with Gasteiger partial charge >= 0.3 is 0 Å². The van der Waals surface area contributed by atoms with Crippen molar-refractivity contribution in [2.24, 2.45) is 10.8 Å². The number of aromatic amines is 1. The van der Waals surface area contributed by atoms with Gasteiger partial charge in [0.1, 0.15) is 0 Å². The van der Waals surface area contributed by atoms with E-state index in [0.717, 1.165) is 33.4 Å². The number of nitrogens with one attached hydrogen (secondary N) is 3. The molecule has 1 heterocycles. The van der Waals surface area contributed by atoms with Gasteiger partial charge in [0.05, 0.1) is 11.4 Å². The van der Waals surface area contributed by atoms with Crippen molar-refractivity contribution in [3.8, 4) is 11.3 Å². The van der Waals surface area contributed by atoms with Crippen LogP contribution in [0.2, 0.25) is 5.02 Å². The van der Waals surface area contributed by atoms with Gasteiger partial charge in [0.2, 0.25) is 5.96 Å². The van der Waals surface area contributed by atoms with Crippen LogP contribution in [0, 0.1) is 5.41 Å². The van der Waals surface area contributed by atoms with Crippen LogP contribution >= 0.6 is 11.6 Å². The second-order valence-electron chi connectivity index (χ2n) is 5.15. The zero-order valence-electron chi connectivity index (χ0n) is 12.5. The number of hydrazone groups is 1. The van der Waals surface area contributed by atoms with Gasteiger partial charge in [0.25, 0.3) is 0 Å². The molecule has 5 N–H and O–H groups in total. The van der Waals surface area contributed by atoms with Crippen LogP contribution in [0.15, 0.2) is 53.6 Å². The molecule has 0 radical (unpaired) electrons. The molecule has 0 spiro atoms. The minimum atomic E-state index is -0.197. The topological polar surface area (TPSA) is 90.1 Å². The predicted molar refractivity (Wildman–Crippen MR) is 96.0 cm³/mol. The monoisotopic (exact) mass is 325 g/mol. The van der Waals surface area contributed by atoms with Gasteiger partial charge in [-0.25, -0.2) is 5.43 Å². The average Bonchev–Trinajstić information content (AvgIpc) is 2.92. The number of nitrogens with zero attached hydrogens (tertiary/aromatic N) is 1. The first-order valence-corrected chi connectivity index (χ1v) is 7.45. The lowest BCUT2D eigenvalue weighted by molar-refractivity contribution is 0.992. The lowest BCUT2D eigenvalue weighted by Crippen LogP contribution is -2.26. The molecule has 1 aromatic heterocycles. The molecule has 116 valence electrons. The van der Waals surface area contributed by atoms with Crippen molar-refractivity contribution in [2.45, 2.75) is 6.92 Å². The molecule has 3 aromatic rings. The number of nitrogens with two attached hydrogens (primary N) is 1. The van der Waals surface area contributed by atoms with Crippen LogP contribution in [0.3, 0.4) is 0 Å². The molecular weight excluding hydrogens is 310 g/mol. The maximum atomic E-state index is 7.25. The normalized spacial score (nSPS) is 11.7. The van der Waals surface area contributed by atoms with Gasteiger partial charge < -0.3 is 10.7 Å². The fraction of sp³-hybridized carbons (Fsp3) is 0.0588. The molecule has 0 aliphatic heterocycles. The highest BCUT2D eigenvalue weighted by molar-refractivity contribution is 6.30. The van der Waals surface area contributed by atoms with Crippen LogP contribution in [0.1, 0.15) is 12.5 Å². The van der Waals surface area contributed by atoms with Crippen molar-refractivity contribution in [1.29, 1.82) is 5.41 Å². The quantitative estimate of drug-likeness (QED) is 0.336. The van der Waals surface area contributed by atoms with E-state index in [1.165, 1.54) is 0 Å². The lowest BCUT2D eigenvalue weighted by atomic mass is 10.0. The van der Waals surface area contributed by atoms with E-state index >= 15 is 0 Å². The number of H-pyrrole nitrogens is 1. The predicted octanol–water partition coefficient (Wildman–Crippen LogP) is 3.70. The third-order valence-corrected chi connectivity index (χ3v) is 3.80. The minimum Gasteiger partial charge on any atom is -0.369 e. The maximum absolute atomic E-state index is 7.25. The number of hydrogen-bond donors (Lipinski definition) is 4. The summed E-state index contributed by atoms with van der Waals surface area (Å²) in [6.07, 6.45) is 0. The highest BCUT2D eigenvalue weighted by Crippen LogP contribution is 2.31. The standard InChI is InChI=1S/C17H16ClN5/c1-10(22-23-17(19)20)15-13-4-2-3-5-14(13)21-16(15)11-6-8-12(18)9-7-11/h2-9,21H,1H3,(H4,19,20,23). The Morgan fingerprint density at radius 2 is 1.87 bits per heavy atom. The van der Waals surface area contributed by atoms with E-state index in [4.69, 9.17) is 22.7 Å². The highest BCUT2D eigenvalue weighted by Gasteiger charge is 2.15. The molecule has 0 aliphatic carbocycles. The summed E-state index contributed by atoms with van der Waals surface area (Å²) in [6.45, 7) is 1.88. The summed E-state index contributed by atoms with van der Waals surface area (Å²) in [7, 11) is 0. The molecule has 0 aliphatic rings. The Morgan fingerprint density at radius 1 is 1.17 bits per heavy atom. The van der Waals surface area contributed by atoms with Crippen LogP contribution in [0.5, 0.6) is 0 Å². The first-order chi connectivity index (χ1) is 11.1. The third kappa shape index (κ3) is 3.05. The van der Waals surface area contributed by atoms with Crippen LogP contribution in [0.4, 0.5) is 0 Å². The largest absolute Gasteiger partial charge is 0.369 e. The fourth-order valence-corrected chi connectivity index (χ4v) is 2.68. The summed E-state index contributed by atoms with van der Waals surface area (Å²) in [4.78, 5) is 3.43.